The van der Waals surface area contributed by atoms with Gasteiger partial charge in [0, 0.05) is 12.2 Å². The van der Waals surface area contributed by atoms with Gasteiger partial charge in [-0.1, -0.05) is 52.9 Å². The van der Waals surface area contributed by atoms with E-state index in [-0.39, 0.29) is 5.97 Å². The Labute approximate surface area is 105 Å². The van der Waals surface area contributed by atoms with E-state index in [1.807, 2.05) is 6.92 Å². The van der Waals surface area contributed by atoms with Gasteiger partial charge >= 0.3 is 5.97 Å². The highest BCUT2D eigenvalue weighted by atomic mass is 32.2. The van der Waals surface area contributed by atoms with Crippen LogP contribution in [0.1, 0.15) is 65.7 Å². The van der Waals surface area contributed by atoms with E-state index < -0.39 is 0 Å². The van der Waals surface area contributed by atoms with Gasteiger partial charge in [0.1, 0.15) is 0 Å². The van der Waals surface area contributed by atoms with Crippen molar-refractivity contribution < 1.29 is 8.98 Å². The van der Waals surface area contributed by atoms with Crippen molar-refractivity contribution >= 4 is 18.0 Å². The van der Waals surface area contributed by atoms with Crippen molar-refractivity contribution in [2.45, 2.75) is 65.7 Å². The second-order valence-electron chi connectivity index (χ2n) is 4.58. The summed E-state index contributed by atoms with van der Waals surface area (Å²) in [5.41, 5.74) is 0. The third-order valence-corrected chi connectivity index (χ3v) is 3.21. The minimum atomic E-state index is -0.109. The molecule has 0 aliphatic rings. The Bertz CT molecular complexity index is 169. The molecule has 0 aromatic heterocycles. The molecule has 0 unspecified atom stereocenters. The monoisotopic (exact) mass is 246 g/mol. The van der Waals surface area contributed by atoms with Crippen molar-refractivity contribution in [3.63, 3.8) is 0 Å². The van der Waals surface area contributed by atoms with Crippen LogP contribution < -0.4 is 0 Å². The van der Waals surface area contributed by atoms with Crippen LogP contribution in [0.5, 0.6) is 0 Å². The van der Waals surface area contributed by atoms with Crippen LogP contribution in [0.2, 0.25) is 0 Å². The van der Waals surface area contributed by atoms with Crippen molar-refractivity contribution in [1.29, 1.82) is 0 Å². The van der Waals surface area contributed by atoms with E-state index in [1.54, 1.807) is 0 Å². The van der Waals surface area contributed by atoms with Gasteiger partial charge in [0.15, 0.2) is 0 Å². The molecular weight excluding hydrogens is 220 g/mol. The highest BCUT2D eigenvalue weighted by Gasteiger charge is 1.99. The molecule has 0 aliphatic carbocycles. The lowest BCUT2D eigenvalue weighted by molar-refractivity contribution is -0.132. The first-order valence-corrected chi connectivity index (χ1v) is 7.40. The van der Waals surface area contributed by atoms with Crippen LogP contribution in [0.15, 0.2) is 0 Å². The molecule has 0 bridgehead atoms. The van der Waals surface area contributed by atoms with Crippen molar-refractivity contribution in [3.05, 3.63) is 0 Å². The van der Waals surface area contributed by atoms with Gasteiger partial charge in [-0.2, -0.15) is 0 Å². The molecule has 96 valence electrons. The molecule has 0 fully saturated rings. The zero-order valence-electron chi connectivity index (χ0n) is 11.0. The van der Waals surface area contributed by atoms with Crippen LogP contribution >= 0.6 is 12.0 Å². The van der Waals surface area contributed by atoms with Gasteiger partial charge < -0.3 is 4.18 Å². The first kappa shape index (κ1) is 15.8. The maximum atomic E-state index is 10.8. The van der Waals surface area contributed by atoms with Gasteiger partial charge in [-0.25, -0.2) is 0 Å². The molecule has 2 nitrogen and oxygen atoms in total. The fourth-order valence-corrected chi connectivity index (χ4v) is 2.06. The fraction of sp³-hybridized carbons (Fsp3) is 0.923. The summed E-state index contributed by atoms with van der Waals surface area (Å²) in [6, 6.07) is 0. The van der Waals surface area contributed by atoms with Crippen LogP contribution in [0.3, 0.4) is 0 Å². The Hall–Kier alpha value is -0.180. The normalized spacial score (nSPS) is 10.8. The number of carbonyl (C=O) groups excluding carboxylic acids is 1. The molecule has 0 atom stereocenters. The Balaban J connectivity index is 3.01. The maximum absolute atomic E-state index is 10.8. The molecule has 0 saturated heterocycles. The Morgan fingerprint density at radius 2 is 1.75 bits per heavy atom. The molecule has 3 heteroatoms. The second-order valence-corrected chi connectivity index (χ2v) is 5.39. The topological polar surface area (TPSA) is 26.3 Å². The van der Waals surface area contributed by atoms with Crippen molar-refractivity contribution in [3.8, 4) is 0 Å². The second kappa shape index (κ2) is 11.3. The Morgan fingerprint density at radius 1 is 1.12 bits per heavy atom. The summed E-state index contributed by atoms with van der Waals surface area (Å²) >= 11 is 1.31. The molecule has 0 heterocycles. The average molecular weight is 246 g/mol. The molecule has 0 N–H and O–H groups in total. The molecule has 0 rings (SSSR count). The standard InChI is InChI=1S/C13H26O2S/c1-4-13(14)15-16-11-9-7-5-6-8-10-12(2)3/h12H,4-11H2,1-3H3. The van der Waals surface area contributed by atoms with Crippen molar-refractivity contribution in [2.75, 3.05) is 5.75 Å². The van der Waals surface area contributed by atoms with Gasteiger partial charge in [-0.05, 0) is 12.3 Å². The predicted molar refractivity (Wildman–Crippen MR) is 71.4 cm³/mol. The van der Waals surface area contributed by atoms with Gasteiger partial charge in [-0.3, -0.25) is 4.79 Å². The summed E-state index contributed by atoms with van der Waals surface area (Å²) < 4.78 is 4.93. The lowest BCUT2D eigenvalue weighted by atomic mass is 10.0. The highest BCUT2D eigenvalue weighted by Crippen LogP contribution is 2.13. The number of unbranched alkanes of at least 4 members (excludes halogenated alkanes) is 4. The number of hydrogen-bond donors (Lipinski definition) is 0. The molecule has 0 radical (unpaired) electrons. The van der Waals surface area contributed by atoms with Crippen molar-refractivity contribution in [2.24, 2.45) is 5.92 Å². The molecule has 0 saturated carbocycles. The van der Waals surface area contributed by atoms with E-state index in [4.69, 9.17) is 4.18 Å². The van der Waals surface area contributed by atoms with Crippen LogP contribution in [0, 0.1) is 5.92 Å². The maximum Gasteiger partial charge on any atom is 0.317 e. The van der Waals surface area contributed by atoms with Crippen LogP contribution in [-0.4, -0.2) is 11.7 Å². The van der Waals surface area contributed by atoms with Crippen LogP contribution in [0.25, 0.3) is 0 Å². The van der Waals surface area contributed by atoms with E-state index >= 15 is 0 Å². The summed E-state index contributed by atoms with van der Waals surface area (Å²) in [5.74, 6) is 1.67. The largest absolute Gasteiger partial charge is 0.391 e. The number of hydrogen-bond acceptors (Lipinski definition) is 3. The molecule has 0 spiro atoms. The van der Waals surface area contributed by atoms with Crippen LogP contribution in [0.4, 0.5) is 0 Å². The number of rotatable bonds is 10. The minimum absolute atomic E-state index is 0.109. The van der Waals surface area contributed by atoms with E-state index in [2.05, 4.69) is 13.8 Å². The first-order valence-electron chi connectivity index (χ1n) is 6.49. The zero-order valence-corrected chi connectivity index (χ0v) is 11.8. The fourth-order valence-electron chi connectivity index (χ4n) is 1.41. The number of carbonyl (C=O) groups is 1. The van der Waals surface area contributed by atoms with Gasteiger partial charge in [0.2, 0.25) is 0 Å². The zero-order chi connectivity index (χ0) is 12.2. The summed E-state index contributed by atoms with van der Waals surface area (Å²) in [6.45, 7) is 6.37. The van der Waals surface area contributed by atoms with E-state index in [9.17, 15) is 4.79 Å². The SMILES string of the molecule is CCC(=O)OSCCCCCCCC(C)C. The summed E-state index contributed by atoms with van der Waals surface area (Å²) in [4.78, 5) is 10.8. The molecule has 16 heavy (non-hydrogen) atoms. The summed E-state index contributed by atoms with van der Waals surface area (Å²) in [6.07, 6.45) is 8.26. The molecular formula is C13H26O2S. The summed E-state index contributed by atoms with van der Waals surface area (Å²) in [5, 5.41) is 0. The van der Waals surface area contributed by atoms with E-state index in [0.717, 1.165) is 18.1 Å². The molecule has 0 aromatic rings. The van der Waals surface area contributed by atoms with Gasteiger partial charge in [0.05, 0.1) is 12.0 Å². The molecule has 0 aliphatic heterocycles. The van der Waals surface area contributed by atoms with Gasteiger partial charge in [0.25, 0.3) is 0 Å². The average Bonchev–Trinajstić information content (AvgIpc) is 2.26. The lowest BCUT2D eigenvalue weighted by Gasteiger charge is -2.04. The third-order valence-electron chi connectivity index (χ3n) is 2.45. The molecule has 0 aromatic carbocycles. The first-order chi connectivity index (χ1) is 7.66. The predicted octanol–water partition coefficient (Wildman–Crippen LogP) is 4.58. The third kappa shape index (κ3) is 11.9. The van der Waals surface area contributed by atoms with E-state index in [1.165, 1.54) is 44.1 Å². The smallest absolute Gasteiger partial charge is 0.317 e. The molecule has 0 amide bonds. The Morgan fingerprint density at radius 3 is 2.38 bits per heavy atom. The van der Waals surface area contributed by atoms with Crippen LogP contribution in [-0.2, 0) is 8.98 Å². The quantitative estimate of drug-likeness (QED) is 0.417. The Kier molecular flexibility index (Phi) is 11.2. The summed E-state index contributed by atoms with van der Waals surface area (Å²) in [7, 11) is 0. The highest BCUT2D eigenvalue weighted by molar-refractivity contribution is 7.95. The minimum Gasteiger partial charge on any atom is -0.391 e. The lowest BCUT2D eigenvalue weighted by Crippen LogP contribution is -1.96. The van der Waals surface area contributed by atoms with E-state index in [0.29, 0.717) is 6.42 Å². The van der Waals surface area contributed by atoms with Gasteiger partial charge in [-0.15, -0.1) is 0 Å². The van der Waals surface area contributed by atoms with Crippen molar-refractivity contribution in [1.82, 2.24) is 0 Å².